The fourth-order valence-corrected chi connectivity index (χ4v) is 3.76. The molecular formula is C20H13N7O2S. The second kappa shape index (κ2) is 7.33. The van der Waals surface area contributed by atoms with E-state index in [1.807, 2.05) is 42.5 Å². The summed E-state index contributed by atoms with van der Waals surface area (Å²) in [5, 5.41) is 14.6. The Hall–Kier alpha value is -4.18. The van der Waals surface area contributed by atoms with Crippen LogP contribution in [0.5, 0.6) is 0 Å². The molecule has 3 aromatic heterocycles. The van der Waals surface area contributed by atoms with Crippen LogP contribution in [0.3, 0.4) is 0 Å². The highest BCUT2D eigenvalue weighted by molar-refractivity contribution is 7.16. The Morgan fingerprint density at radius 2 is 1.93 bits per heavy atom. The lowest BCUT2D eigenvalue weighted by atomic mass is 10.2. The van der Waals surface area contributed by atoms with Gasteiger partial charge in [-0.1, -0.05) is 30.3 Å². The van der Waals surface area contributed by atoms with Gasteiger partial charge in [0.25, 0.3) is 0 Å². The van der Waals surface area contributed by atoms with E-state index < -0.39 is 4.92 Å². The molecule has 0 bridgehead atoms. The van der Waals surface area contributed by atoms with Gasteiger partial charge in [-0.3, -0.25) is 14.7 Å². The Kier molecular flexibility index (Phi) is 4.37. The van der Waals surface area contributed by atoms with Gasteiger partial charge in [-0.2, -0.15) is 4.98 Å². The highest BCUT2D eigenvalue weighted by Crippen LogP contribution is 2.29. The third kappa shape index (κ3) is 3.25. The van der Waals surface area contributed by atoms with Gasteiger partial charge in [-0.15, -0.1) is 11.3 Å². The summed E-state index contributed by atoms with van der Waals surface area (Å²) in [6.07, 6.45) is 4.55. The minimum absolute atomic E-state index is 0.0987. The third-order valence-corrected chi connectivity index (χ3v) is 5.23. The van der Waals surface area contributed by atoms with E-state index in [9.17, 15) is 10.1 Å². The summed E-state index contributed by atoms with van der Waals surface area (Å²) in [5.74, 6) is 1.02. The second-order valence-corrected chi connectivity index (χ2v) is 7.19. The molecule has 0 atom stereocenters. The van der Waals surface area contributed by atoms with Crippen LogP contribution in [0.15, 0.2) is 72.6 Å². The van der Waals surface area contributed by atoms with Gasteiger partial charge in [0.05, 0.1) is 20.7 Å². The number of benzene rings is 2. The van der Waals surface area contributed by atoms with E-state index in [4.69, 9.17) is 0 Å². The van der Waals surface area contributed by atoms with Crippen LogP contribution in [-0.4, -0.2) is 29.4 Å². The van der Waals surface area contributed by atoms with Crippen LogP contribution in [0, 0.1) is 10.1 Å². The van der Waals surface area contributed by atoms with Gasteiger partial charge in [-0.25, -0.2) is 15.0 Å². The summed E-state index contributed by atoms with van der Waals surface area (Å²) in [5.41, 5.74) is 3.96. The quantitative estimate of drug-likeness (QED) is 0.330. The van der Waals surface area contributed by atoms with E-state index in [1.54, 1.807) is 28.5 Å². The lowest BCUT2D eigenvalue weighted by molar-refractivity contribution is -0.384. The lowest BCUT2D eigenvalue weighted by Crippen LogP contribution is -2.07. The molecule has 3 heterocycles. The predicted molar refractivity (Wildman–Crippen MR) is 114 cm³/mol. The van der Waals surface area contributed by atoms with Crippen molar-refractivity contribution in [2.24, 2.45) is 0 Å². The fraction of sp³-hybridized carbons (Fsp3) is 0. The molecule has 2 aromatic carbocycles. The molecule has 1 N–H and O–H groups in total. The maximum atomic E-state index is 11.5. The zero-order valence-electron chi connectivity index (χ0n) is 15.3. The van der Waals surface area contributed by atoms with Gasteiger partial charge in [-0.05, 0) is 18.2 Å². The van der Waals surface area contributed by atoms with Crippen LogP contribution in [0.25, 0.3) is 27.6 Å². The summed E-state index contributed by atoms with van der Waals surface area (Å²) >= 11 is 1.49. The molecule has 0 aliphatic carbocycles. The number of anilines is 2. The molecule has 0 aliphatic rings. The molecule has 146 valence electrons. The smallest absolute Gasteiger partial charge is 0.329 e. The molecule has 5 rings (SSSR count). The Bertz CT molecular complexity index is 1360. The van der Waals surface area contributed by atoms with Crippen molar-refractivity contribution in [3.8, 4) is 17.3 Å². The van der Waals surface area contributed by atoms with Crippen LogP contribution in [0.1, 0.15) is 0 Å². The number of imidazole rings is 1. The van der Waals surface area contributed by atoms with E-state index in [-0.39, 0.29) is 17.5 Å². The van der Waals surface area contributed by atoms with Crippen molar-refractivity contribution in [1.82, 2.24) is 24.5 Å². The number of rotatable bonds is 5. The minimum Gasteiger partial charge on any atom is -0.334 e. The zero-order valence-corrected chi connectivity index (χ0v) is 16.2. The molecule has 0 saturated carbocycles. The van der Waals surface area contributed by atoms with Gasteiger partial charge in [0.2, 0.25) is 11.8 Å². The van der Waals surface area contributed by atoms with E-state index in [1.165, 1.54) is 17.5 Å². The summed E-state index contributed by atoms with van der Waals surface area (Å²) in [6, 6.07) is 15.1. The molecule has 0 spiro atoms. The first-order valence-electron chi connectivity index (χ1n) is 8.90. The van der Waals surface area contributed by atoms with Crippen LogP contribution in [0.2, 0.25) is 0 Å². The molecule has 0 fully saturated rings. The molecule has 10 heteroatoms. The van der Waals surface area contributed by atoms with Crippen LogP contribution >= 0.6 is 11.3 Å². The topological polar surface area (TPSA) is 112 Å². The maximum Gasteiger partial charge on any atom is 0.329 e. The first-order chi connectivity index (χ1) is 14.7. The number of fused-ring (bicyclic) bond motifs is 1. The molecule has 30 heavy (non-hydrogen) atoms. The van der Waals surface area contributed by atoms with E-state index in [0.717, 1.165) is 15.8 Å². The standard InChI is InChI=1S/C20H13N7O2S/c28-27(29)16-11-22-20(26-9-8-21-19(26)13-4-2-1-3-5-13)25-18(16)24-14-6-7-15-17(10-14)30-12-23-15/h1-12H,(H,22,24,25). The Labute approximate surface area is 173 Å². The fourth-order valence-electron chi connectivity index (χ4n) is 3.04. The Balaban J connectivity index is 1.57. The second-order valence-electron chi connectivity index (χ2n) is 6.31. The largest absolute Gasteiger partial charge is 0.334 e. The zero-order chi connectivity index (χ0) is 20.5. The molecule has 0 amide bonds. The average Bonchev–Trinajstić information content (AvgIpc) is 3.43. The number of hydrogen-bond acceptors (Lipinski definition) is 8. The number of hydrogen-bond donors (Lipinski definition) is 1. The van der Waals surface area contributed by atoms with Crippen molar-refractivity contribution in [1.29, 1.82) is 0 Å². The summed E-state index contributed by atoms with van der Waals surface area (Å²) in [6.45, 7) is 0. The first-order valence-corrected chi connectivity index (χ1v) is 9.78. The normalized spacial score (nSPS) is 10.9. The highest BCUT2D eigenvalue weighted by Gasteiger charge is 2.20. The number of thiazole rings is 1. The van der Waals surface area contributed by atoms with Gasteiger partial charge >= 0.3 is 5.69 Å². The monoisotopic (exact) mass is 415 g/mol. The van der Waals surface area contributed by atoms with Crippen LogP contribution in [-0.2, 0) is 0 Å². The molecular weight excluding hydrogens is 402 g/mol. The summed E-state index contributed by atoms with van der Waals surface area (Å²) in [4.78, 5) is 28.3. The molecule has 0 saturated heterocycles. The SMILES string of the molecule is O=[N+]([O-])c1cnc(-n2ccnc2-c2ccccc2)nc1Nc1ccc2ncsc2c1. The number of nitrogens with zero attached hydrogens (tertiary/aromatic N) is 6. The maximum absolute atomic E-state index is 11.5. The van der Waals surface area contributed by atoms with Crippen molar-refractivity contribution in [3.05, 3.63) is 82.7 Å². The van der Waals surface area contributed by atoms with Gasteiger partial charge in [0.15, 0.2) is 0 Å². The van der Waals surface area contributed by atoms with Gasteiger partial charge in [0, 0.05) is 23.6 Å². The highest BCUT2D eigenvalue weighted by atomic mass is 32.1. The Morgan fingerprint density at radius 3 is 2.77 bits per heavy atom. The van der Waals surface area contributed by atoms with Crippen LogP contribution < -0.4 is 5.32 Å². The molecule has 5 aromatic rings. The van der Waals surface area contributed by atoms with Crippen molar-refractivity contribution in [2.75, 3.05) is 5.32 Å². The third-order valence-electron chi connectivity index (χ3n) is 4.44. The Morgan fingerprint density at radius 1 is 1.07 bits per heavy atom. The lowest BCUT2D eigenvalue weighted by Gasteiger charge is -2.10. The molecule has 0 radical (unpaired) electrons. The predicted octanol–water partition coefficient (Wildman–Crippen LogP) is 4.59. The van der Waals surface area contributed by atoms with Crippen molar-refractivity contribution >= 4 is 38.7 Å². The summed E-state index contributed by atoms with van der Waals surface area (Å²) < 4.78 is 2.66. The minimum atomic E-state index is -0.511. The number of nitrogens with one attached hydrogen (secondary N) is 1. The van der Waals surface area contributed by atoms with Gasteiger partial charge < -0.3 is 5.32 Å². The van der Waals surface area contributed by atoms with Gasteiger partial charge in [0.1, 0.15) is 12.0 Å². The molecule has 9 nitrogen and oxygen atoms in total. The van der Waals surface area contributed by atoms with E-state index in [2.05, 4.69) is 25.3 Å². The van der Waals surface area contributed by atoms with Crippen molar-refractivity contribution < 1.29 is 4.92 Å². The molecule has 0 aliphatic heterocycles. The first kappa shape index (κ1) is 17.9. The van der Waals surface area contributed by atoms with E-state index >= 15 is 0 Å². The average molecular weight is 415 g/mol. The van der Waals surface area contributed by atoms with Crippen molar-refractivity contribution in [2.45, 2.75) is 0 Å². The van der Waals surface area contributed by atoms with Crippen molar-refractivity contribution in [3.63, 3.8) is 0 Å². The summed E-state index contributed by atoms with van der Waals surface area (Å²) in [7, 11) is 0. The van der Waals surface area contributed by atoms with Crippen LogP contribution in [0.4, 0.5) is 17.2 Å². The number of nitro groups is 1. The number of aromatic nitrogens is 5. The van der Waals surface area contributed by atoms with E-state index in [0.29, 0.717) is 11.5 Å². The molecule has 0 unspecified atom stereocenters.